The van der Waals surface area contributed by atoms with E-state index in [0.29, 0.717) is 12.3 Å². The lowest BCUT2D eigenvalue weighted by atomic mass is 9.83. The third-order valence-corrected chi connectivity index (χ3v) is 3.39. The highest BCUT2D eigenvalue weighted by molar-refractivity contribution is 5.59. The van der Waals surface area contributed by atoms with Gasteiger partial charge in [-0.25, -0.2) is 0 Å². The van der Waals surface area contributed by atoms with E-state index in [9.17, 15) is 10.1 Å². The number of nitrogens with one attached hydrogen (secondary N) is 1. The Kier molecular flexibility index (Phi) is 4.17. The molecule has 106 valence electrons. The first-order valence-corrected chi connectivity index (χ1v) is 6.39. The van der Waals surface area contributed by atoms with E-state index in [1.807, 2.05) is 13.0 Å². The fourth-order valence-corrected chi connectivity index (χ4v) is 2.29. The summed E-state index contributed by atoms with van der Waals surface area (Å²) in [6.07, 6.45) is 0.819. The number of nitro benzene ring substituents is 1. The summed E-state index contributed by atoms with van der Waals surface area (Å²) in [6, 6.07) is 6.13. The van der Waals surface area contributed by atoms with Crippen LogP contribution in [0.1, 0.15) is 18.9 Å². The van der Waals surface area contributed by atoms with Crippen LogP contribution < -0.4 is 11.1 Å². The van der Waals surface area contributed by atoms with Crippen LogP contribution >= 0.6 is 0 Å². The molecule has 0 aliphatic heterocycles. The van der Waals surface area contributed by atoms with Crippen molar-refractivity contribution in [2.75, 3.05) is 11.9 Å². The van der Waals surface area contributed by atoms with Crippen molar-refractivity contribution >= 4 is 11.4 Å². The molecule has 3 unspecified atom stereocenters. The number of anilines is 1. The maximum Gasteiger partial charge on any atom is 0.287 e. The summed E-state index contributed by atoms with van der Waals surface area (Å²) in [7, 11) is 0. The lowest BCUT2D eigenvalue weighted by molar-refractivity contribution is -0.385. The number of nitrogens with two attached hydrogens (primary N) is 1. The molecule has 3 atom stereocenters. The molecule has 0 radical (unpaired) electrons. The van der Waals surface area contributed by atoms with Gasteiger partial charge in [0, 0.05) is 24.4 Å². The van der Waals surface area contributed by atoms with E-state index in [-0.39, 0.29) is 29.4 Å². The van der Waals surface area contributed by atoms with Crippen molar-refractivity contribution in [3.63, 3.8) is 0 Å². The van der Waals surface area contributed by atoms with Gasteiger partial charge in [-0.15, -0.1) is 0 Å². The van der Waals surface area contributed by atoms with Crippen LogP contribution in [0.3, 0.4) is 0 Å². The van der Waals surface area contributed by atoms with Crippen molar-refractivity contribution in [2.45, 2.75) is 31.5 Å². The van der Waals surface area contributed by atoms with Crippen LogP contribution in [0.5, 0.6) is 0 Å². The Morgan fingerprint density at radius 1 is 1.65 bits per heavy atom. The summed E-state index contributed by atoms with van der Waals surface area (Å²) in [4.78, 5) is 10.2. The molecule has 1 aliphatic carbocycles. The maximum absolute atomic E-state index is 10.8. The van der Waals surface area contributed by atoms with Gasteiger partial charge in [0.05, 0.1) is 17.1 Å². The highest BCUT2D eigenvalue weighted by Crippen LogP contribution is 2.28. The van der Waals surface area contributed by atoms with Gasteiger partial charge >= 0.3 is 0 Å². The quantitative estimate of drug-likeness (QED) is 0.620. The van der Waals surface area contributed by atoms with Gasteiger partial charge in [0.25, 0.3) is 5.69 Å². The fraction of sp³-hybridized carbons (Fsp3) is 0.462. The zero-order chi connectivity index (χ0) is 14.7. The number of nitriles is 1. The van der Waals surface area contributed by atoms with Gasteiger partial charge in [-0.3, -0.25) is 10.1 Å². The minimum absolute atomic E-state index is 0.0210. The van der Waals surface area contributed by atoms with Crippen LogP contribution in [0.2, 0.25) is 0 Å². The monoisotopic (exact) mass is 276 g/mol. The minimum atomic E-state index is -0.569. The number of nitro groups is 1. The van der Waals surface area contributed by atoms with E-state index in [1.54, 1.807) is 6.07 Å². The topological polar surface area (TPSA) is 114 Å². The number of rotatable bonds is 5. The Bertz CT molecular complexity index is 553. The van der Waals surface area contributed by atoms with E-state index >= 15 is 0 Å². The molecule has 1 fully saturated rings. The number of nitrogens with zero attached hydrogens (tertiary/aromatic N) is 2. The van der Waals surface area contributed by atoms with Gasteiger partial charge < -0.3 is 15.8 Å². The molecule has 1 aromatic rings. The largest absolute Gasteiger partial charge is 0.378 e. The van der Waals surface area contributed by atoms with Crippen LogP contribution in [0.25, 0.3) is 0 Å². The molecule has 1 aliphatic rings. The third-order valence-electron chi connectivity index (χ3n) is 3.39. The Labute approximate surface area is 116 Å². The van der Waals surface area contributed by atoms with Crippen LogP contribution in [0.15, 0.2) is 18.2 Å². The smallest absolute Gasteiger partial charge is 0.287 e. The van der Waals surface area contributed by atoms with E-state index < -0.39 is 4.92 Å². The predicted octanol–water partition coefficient (Wildman–Crippen LogP) is 1.38. The lowest BCUT2D eigenvalue weighted by Gasteiger charge is -2.43. The molecular formula is C13H16N4O3. The second-order valence-corrected chi connectivity index (χ2v) is 4.66. The molecule has 3 N–H and O–H groups in total. The molecule has 0 saturated heterocycles. The van der Waals surface area contributed by atoms with Crippen LogP contribution in [0.4, 0.5) is 11.4 Å². The Balaban J connectivity index is 2.14. The van der Waals surface area contributed by atoms with Crippen molar-refractivity contribution in [1.29, 1.82) is 5.26 Å². The molecule has 1 aromatic carbocycles. The van der Waals surface area contributed by atoms with Gasteiger partial charge in [-0.2, -0.15) is 5.26 Å². The molecule has 2 rings (SSSR count). The molecule has 1 saturated carbocycles. The summed E-state index contributed by atoms with van der Waals surface area (Å²) in [5.41, 5.74) is 6.39. The normalized spacial score (nSPS) is 24.6. The summed E-state index contributed by atoms with van der Waals surface area (Å²) in [5.74, 6) is 0. The average Bonchev–Trinajstić information content (AvgIpc) is 2.44. The predicted molar refractivity (Wildman–Crippen MR) is 73.2 cm³/mol. The lowest BCUT2D eigenvalue weighted by Crippen LogP contribution is -2.60. The van der Waals surface area contributed by atoms with E-state index in [4.69, 9.17) is 15.7 Å². The number of ether oxygens (including phenoxy) is 1. The van der Waals surface area contributed by atoms with Gasteiger partial charge in [-0.05, 0) is 25.5 Å². The van der Waals surface area contributed by atoms with Crippen LogP contribution in [-0.2, 0) is 4.74 Å². The van der Waals surface area contributed by atoms with Crippen molar-refractivity contribution in [1.82, 2.24) is 0 Å². The van der Waals surface area contributed by atoms with Gasteiger partial charge in [0.15, 0.2) is 0 Å². The first-order valence-electron chi connectivity index (χ1n) is 6.39. The average molecular weight is 276 g/mol. The van der Waals surface area contributed by atoms with Gasteiger partial charge in [0.1, 0.15) is 11.6 Å². The summed E-state index contributed by atoms with van der Waals surface area (Å²) in [5, 5.41) is 22.9. The molecule has 0 spiro atoms. The number of hydrogen-bond acceptors (Lipinski definition) is 6. The summed E-state index contributed by atoms with van der Waals surface area (Å²) in [6.45, 7) is 2.53. The molecule has 7 nitrogen and oxygen atoms in total. The number of benzene rings is 1. The Morgan fingerprint density at radius 2 is 2.40 bits per heavy atom. The molecule has 20 heavy (non-hydrogen) atoms. The second-order valence-electron chi connectivity index (χ2n) is 4.66. The molecule has 0 amide bonds. The SMILES string of the molecule is CCOC1CC(N)C1Nc1ccc([N+](=O)[O-])c(C#N)c1. The minimum Gasteiger partial charge on any atom is -0.378 e. The molecule has 0 bridgehead atoms. The Morgan fingerprint density at radius 3 is 2.95 bits per heavy atom. The standard InChI is InChI=1S/C13H16N4O3/c1-2-20-12-6-10(15)13(12)16-9-3-4-11(17(18)19)8(5-9)7-14/h3-5,10,12-13,16H,2,6,15H2,1H3. The van der Waals surface area contributed by atoms with Crippen molar-refractivity contribution < 1.29 is 9.66 Å². The first kappa shape index (κ1) is 14.2. The summed E-state index contributed by atoms with van der Waals surface area (Å²) >= 11 is 0. The first-order chi connectivity index (χ1) is 9.56. The molecule has 0 aromatic heterocycles. The second kappa shape index (κ2) is 5.86. The van der Waals surface area contributed by atoms with Crippen LogP contribution in [-0.4, -0.2) is 29.7 Å². The highest BCUT2D eigenvalue weighted by Gasteiger charge is 2.39. The van der Waals surface area contributed by atoms with Crippen molar-refractivity contribution in [3.05, 3.63) is 33.9 Å². The van der Waals surface area contributed by atoms with Crippen LogP contribution in [0, 0.1) is 21.4 Å². The highest BCUT2D eigenvalue weighted by atomic mass is 16.6. The molecule has 0 heterocycles. The van der Waals surface area contributed by atoms with Gasteiger partial charge in [0.2, 0.25) is 0 Å². The molecule has 7 heteroatoms. The van der Waals surface area contributed by atoms with E-state index in [1.165, 1.54) is 12.1 Å². The maximum atomic E-state index is 10.8. The third kappa shape index (κ3) is 2.71. The number of hydrogen-bond donors (Lipinski definition) is 2. The zero-order valence-electron chi connectivity index (χ0n) is 11.1. The molecular weight excluding hydrogens is 260 g/mol. The van der Waals surface area contributed by atoms with E-state index in [2.05, 4.69) is 5.32 Å². The van der Waals surface area contributed by atoms with Crippen molar-refractivity contribution in [3.8, 4) is 6.07 Å². The fourth-order valence-electron chi connectivity index (χ4n) is 2.29. The van der Waals surface area contributed by atoms with E-state index in [0.717, 1.165) is 6.42 Å². The zero-order valence-corrected chi connectivity index (χ0v) is 11.1. The Hall–Kier alpha value is -2.17. The van der Waals surface area contributed by atoms with Gasteiger partial charge in [-0.1, -0.05) is 0 Å². The van der Waals surface area contributed by atoms with Crippen molar-refractivity contribution in [2.24, 2.45) is 5.73 Å². The summed E-state index contributed by atoms with van der Waals surface area (Å²) < 4.78 is 5.54.